The summed E-state index contributed by atoms with van der Waals surface area (Å²) in [6, 6.07) is 0. The number of hydrogen-bond acceptors (Lipinski definition) is 1. The van der Waals surface area contributed by atoms with Gasteiger partial charge in [0.15, 0.2) is 0 Å². The van der Waals surface area contributed by atoms with Gasteiger partial charge in [-0.2, -0.15) is 0 Å². The Bertz CT molecular complexity index is 67.1. The van der Waals surface area contributed by atoms with Crippen LogP contribution in [0.3, 0.4) is 0 Å². The predicted molar refractivity (Wildman–Crippen MR) is 36.4 cm³/mol. The molecule has 4 heteroatoms. The molecule has 0 aromatic carbocycles. The first kappa shape index (κ1) is 10.9. The normalized spacial score (nSPS) is 7.62. The molecule has 2 nitrogen and oxygen atoms in total. The standard InChI is InChI=1S/C4H8ClNO.ClH/c5-3-1-2-4(6)7;/h1-3H2,(H2,6,7);1H. The first-order valence-corrected chi connectivity index (χ1v) is 2.65. The smallest absolute Gasteiger partial charge is 0.217 e. The van der Waals surface area contributed by atoms with E-state index in [4.69, 9.17) is 17.3 Å². The number of halogens is 2. The van der Waals surface area contributed by atoms with E-state index in [0.717, 1.165) is 0 Å². The molecule has 0 radical (unpaired) electrons. The average Bonchev–Trinajstić information content (AvgIpc) is 1.61. The number of carbonyl (C=O) groups excluding carboxylic acids is 1. The van der Waals surface area contributed by atoms with Gasteiger partial charge in [-0.15, -0.1) is 24.0 Å². The van der Waals surface area contributed by atoms with E-state index in [2.05, 4.69) is 0 Å². The van der Waals surface area contributed by atoms with E-state index >= 15 is 0 Å². The maximum atomic E-state index is 9.92. The minimum atomic E-state index is -0.277. The molecule has 0 fully saturated rings. The Kier molecular flexibility index (Phi) is 9.63. The Morgan fingerprint density at radius 2 is 2.12 bits per heavy atom. The van der Waals surface area contributed by atoms with Crippen LogP contribution in [0.15, 0.2) is 0 Å². The number of amides is 1. The van der Waals surface area contributed by atoms with Crippen molar-refractivity contribution in [3.05, 3.63) is 0 Å². The van der Waals surface area contributed by atoms with Gasteiger partial charge >= 0.3 is 0 Å². The molecule has 0 heterocycles. The maximum absolute atomic E-state index is 9.92. The monoisotopic (exact) mass is 157 g/mol. The maximum Gasteiger partial charge on any atom is 0.217 e. The summed E-state index contributed by atoms with van der Waals surface area (Å²) in [4.78, 5) is 9.92. The third kappa shape index (κ3) is 9.41. The molecule has 50 valence electrons. The summed E-state index contributed by atoms with van der Waals surface area (Å²) in [5, 5.41) is 0. The Morgan fingerprint density at radius 1 is 1.62 bits per heavy atom. The SMILES string of the molecule is Cl.NC(=O)CCCCl. The van der Waals surface area contributed by atoms with E-state index in [0.29, 0.717) is 18.7 Å². The van der Waals surface area contributed by atoms with E-state index in [1.54, 1.807) is 0 Å². The number of carbonyl (C=O) groups is 1. The van der Waals surface area contributed by atoms with E-state index in [1.807, 2.05) is 0 Å². The van der Waals surface area contributed by atoms with Crippen LogP contribution in [0.5, 0.6) is 0 Å². The number of nitrogens with two attached hydrogens (primary N) is 1. The zero-order valence-electron chi connectivity index (χ0n) is 4.39. The second-order valence-corrected chi connectivity index (χ2v) is 1.64. The highest BCUT2D eigenvalue weighted by molar-refractivity contribution is 6.17. The minimum absolute atomic E-state index is 0. The van der Waals surface area contributed by atoms with E-state index in [1.165, 1.54) is 0 Å². The molecule has 0 bridgehead atoms. The van der Waals surface area contributed by atoms with Crippen molar-refractivity contribution in [2.24, 2.45) is 5.73 Å². The summed E-state index contributed by atoms with van der Waals surface area (Å²) in [6.45, 7) is 0. The molecule has 0 saturated heterocycles. The lowest BCUT2D eigenvalue weighted by Crippen LogP contribution is -2.09. The Hall–Kier alpha value is 0.0500. The first-order valence-electron chi connectivity index (χ1n) is 2.11. The lowest BCUT2D eigenvalue weighted by molar-refractivity contribution is -0.118. The minimum Gasteiger partial charge on any atom is -0.370 e. The molecule has 2 N–H and O–H groups in total. The molecule has 0 aromatic rings. The fourth-order valence-electron chi connectivity index (χ4n) is 0.241. The van der Waals surface area contributed by atoms with Gasteiger partial charge in [0.1, 0.15) is 0 Å². The van der Waals surface area contributed by atoms with Crippen molar-refractivity contribution in [1.82, 2.24) is 0 Å². The van der Waals surface area contributed by atoms with Crippen molar-refractivity contribution in [3.8, 4) is 0 Å². The molecule has 0 atom stereocenters. The van der Waals surface area contributed by atoms with Crippen LogP contribution in [0.2, 0.25) is 0 Å². The third-order valence-electron chi connectivity index (χ3n) is 0.557. The van der Waals surface area contributed by atoms with Gasteiger partial charge in [0, 0.05) is 12.3 Å². The highest BCUT2D eigenvalue weighted by atomic mass is 35.5. The van der Waals surface area contributed by atoms with Gasteiger partial charge in [-0.05, 0) is 6.42 Å². The van der Waals surface area contributed by atoms with Crippen LogP contribution in [0.25, 0.3) is 0 Å². The lowest BCUT2D eigenvalue weighted by atomic mass is 10.3. The van der Waals surface area contributed by atoms with Gasteiger partial charge in [-0.1, -0.05) is 0 Å². The quantitative estimate of drug-likeness (QED) is 0.609. The van der Waals surface area contributed by atoms with Crippen molar-refractivity contribution in [1.29, 1.82) is 0 Å². The van der Waals surface area contributed by atoms with Crippen LogP contribution in [0.4, 0.5) is 0 Å². The van der Waals surface area contributed by atoms with Crippen molar-refractivity contribution in [2.75, 3.05) is 5.88 Å². The Morgan fingerprint density at radius 3 is 2.25 bits per heavy atom. The molecule has 8 heavy (non-hydrogen) atoms. The number of primary amides is 1. The lowest BCUT2D eigenvalue weighted by Gasteiger charge is -1.85. The molecule has 0 saturated carbocycles. The van der Waals surface area contributed by atoms with Gasteiger partial charge in [-0.3, -0.25) is 4.79 Å². The molecular formula is C4H9Cl2NO. The van der Waals surface area contributed by atoms with Crippen molar-refractivity contribution < 1.29 is 4.79 Å². The first-order chi connectivity index (χ1) is 3.27. The van der Waals surface area contributed by atoms with Gasteiger partial charge in [-0.25, -0.2) is 0 Å². The highest BCUT2D eigenvalue weighted by Gasteiger charge is 1.89. The fraction of sp³-hybridized carbons (Fsp3) is 0.750. The van der Waals surface area contributed by atoms with Crippen LogP contribution in [-0.2, 0) is 4.79 Å². The second-order valence-electron chi connectivity index (χ2n) is 1.26. The van der Waals surface area contributed by atoms with Crippen molar-refractivity contribution in [3.63, 3.8) is 0 Å². The molecule has 0 aliphatic heterocycles. The molecule has 1 amide bonds. The van der Waals surface area contributed by atoms with Crippen LogP contribution in [0.1, 0.15) is 12.8 Å². The van der Waals surface area contributed by atoms with E-state index in [-0.39, 0.29) is 18.3 Å². The molecule has 0 rings (SSSR count). The zero-order chi connectivity index (χ0) is 5.70. The van der Waals surface area contributed by atoms with Gasteiger partial charge in [0.25, 0.3) is 0 Å². The summed E-state index contributed by atoms with van der Waals surface area (Å²) < 4.78 is 0. The largest absolute Gasteiger partial charge is 0.370 e. The van der Waals surface area contributed by atoms with Crippen molar-refractivity contribution >= 4 is 29.9 Å². The van der Waals surface area contributed by atoms with Crippen LogP contribution >= 0.6 is 24.0 Å². The zero-order valence-corrected chi connectivity index (χ0v) is 5.97. The third-order valence-corrected chi connectivity index (χ3v) is 0.824. The fourth-order valence-corrected chi connectivity index (χ4v) is 0.375. The summed E-state index contributed by atoms with van der Waals surface area (Å²) >= 11 is 5.24. The number of rotatable bonds is 3. The van der Waals surface area contributed by atoms with Gasteiger partial charge < -0.3 is 5.73 Å². The van der Waals surface area contributed by atoms with E-state index < -0.39 is 0 Å². The van der Waals surface area contributed by atoms with E-state index in [9.17, 15) is 4.79 Å². The summed E-state index contributed by atoms with van der Waals surface area (Å²) in [5.41, 5.74) is 4.78. The predicted octanol–water partition coefficient (Wildman–Crippen LogP) is 0.913. The van der Waals surface area contributed by atoms with Crippen LogP contribution in [-0.4, -0.2) is 11.8 Å². The van der Waals surface area contributed by atoms with Crippen LogP contribution < -0.4 is 5.73 Å². The number of alkyl halides is 1. The molecule has 0 aliphatic carbocycles. The van der Waals surface area contributed by atoms with Gasteiger partial charge in [0.2, 0.25) is 5.91 Å². The number of hydrogen-bond donors (Lipinski definition) is 1. The van der Waals surface area contributed by atoms with Crippen molar-refractivity contribution in [2.45, 2.75) is 12.8 Å². The summed E-state index contributed by atoms with van der Waals surface area (Å²) in [6.07, 6.45) is 1.10. The summed E-state index contributed by atoms with van der Waals surface area (Å²) in [5.74, 6) is 0.240. The molecule has 0 spiro atoms. The molecule has 0 unspecified atom stereocenters. The Balaban J connectivity index is 0. The molecular weight excluding hydrogens is 149 g/mol. The molecule has 0 aromatic heterocycles. The van der Waals surface area contributed by atoms with Crippen LogP contribution in [0, 0.1) is 0 Å². The Labute approximate surface area is 59.8 Å². The summed E-state index contributed by atoms with van der Waals surface area (Å²) in [7, 11) is 0. The highest BCUT2D eigenvalue weighted by Crippen LogP contribution is 1.88. The van der Waals surface area contributed by atoms with Gasteiger partial charge in [0.05, 0.1) is 0 Å². The second kappa shape index (κ2) is 7.05. The average molecular weight is 158 g/mol. The topological polar surface area (TPSA) is 43.1 Å². The molecule has 0 aliphatic rings.